The largest absolute Gasteiger partial charge is 0.454 e. The quantitative estimate of drug-likeness (QED) is 0.808. The van der Waals surface area contributed by atoms with Gasteiger partial charge in [-0.25, -0.2) is 0 Å². The zero-order valence-electron chi connectivity index (χ0n) is 12.8. The summed E-state index contributed by atoms with van der Waals surface area (Å²) in [5, 5.41) is 7.96. The summed E-state index contributed by atoms with van der Waals surface area (Å²) in [6.07, 6.45) is 4.04. The van der Waals surface area contributed by atoms with Crippen LogP contribution in [0.25, 0.3) is 0 Å². The lowest BCUT2D eigenvalue weighted by Gasteiger charge is -2.27. The van der Waals surface area contributed by atoms with Crippen LogP contribution in [0.3, 0.4) is 0 Å². The van der Waals surface area contributed by atoms with Crippen LogP contribution < -0.4 is 20.1 Å². The second-order valence-corrected chi connectivity index (χ2v) is 7.71. The Morgan fingerprint density at radius 2 is 1.92 bits per heavy atom. The number of hydrogen-bond acceptors (Lipinski definition) is 5. The van der Waals surface area contributed by atoms with E-state index in [9.17, 15) is 4.79 Å². The van der Waals surface area contributed by atoms with Crippen LogP contribution in [-0.4, -0.2) is 12.7 Å². The summed E-state index contributed by atoms with van der Waals surface area (Å²) in [5.74, 6) is 1.27. The van der Waals surface area contributed by atoms with Crippen molar-refractivity contribution in [3.05, 3.63) is 38.7 Å². The number of aryl methyl sites for hydroxylation is 1. The van der Waals surface area contributed by atoms with Crippen LogP contribution >= 0.6 is 22.9 Å². The van der Waals surface area contributed by atoms with Gasteiger partial charge in [0.25, 0.3) is 5.91 Å². The summed E-state index contributed by atoms with van der Waals surface area (Å²) in [4.78, 5) is 14.0. The van der Waals surface area contributed by atoms with Gasteiger partial charge in [-0.3, -0.25) is 4.79 Å². The number of nitrogens with one attached hydrogen (secondary N) is 2. The monoisotopic (exact) mass is 362 g/mol. The molecule has 1 amide bonds. The van der Waals surface area contributed by atoms with E-state index >= 15 is 0 Å². The fourth-order valence-electron chi connectivity index (χ4n) is 3.59. The normalized spacial score (nSPS) is 20.9. The molecular weight excluding hydrogens is 348 g/mol. The molecule has 1 aliphatic carbocycles. The summed E-state index contributed by atoms with van der Waals surface area (Å²) < 4.78 is 10.8. The number of amides is 1. The minimum Gasteiger partial charge on any atom is -0.454 e. The minimum absolute atomic E-state index is 0.0260. The van der Waals surface area contributed by atoms with Crippen LogP contribution in [-0.2, 0) is 12.8 Å². The van der Waals surface area contributed by atoms with Crippen LogP contribution in [0.1, 0.15) is 45.4 Å². The third-order valence-electron chi connectivity index (χ3n) is 4.75. The molecule has 1 aromatic carbocycles. The van der Waals surface area contributed by atoms with Crippen molar-refractivity contribution in [3.63, 3.8) is 0 Å². The standard InChI is InChI=1S/C17H15ClN2O3S/c18-10-6-12-11(22-7-23-12)5-9(10)15-19-16(21)14-8-3-1-2-4-13(8)24-17(14)20-15/h5-6,15,20H,1-4,7H2,(H,19,21)/t15-/m0/s1. The van der Waals surface area contributed by atoms with Crippen molar-refractivity contribution in [1.29, 1.82) is 0 Å². The molecule has 5 rings (SSSR count). The molecule has 24 heavy (non-hydrogen) atoms. The summed E-state index contributed by atoms with van der Waals surface area (Å²) in [6.45, 7) is 0.196. The van der Waals surface area contributed by atoms with Gasteiger partial charge >= 0.3 is 0 Å². The average molecular weight is 363 g/mol. The Bertz CT molecular complexity index is 864. The SMILES string of the molecule is O=C1N[C@H](c2cc3c(cc2Cl)OCO3)Nc2sc3c(c21)CCCC3. The maximum atomic E-state index is 12.7. The van der Waals surface area contributed by atoms with Crippen LogP contribution in [0, 0.1) is 0 Å². The second-order valence-electron chi connectivity index (χ2n) is 6.19. The summed E-state index contributed by atoms with van der Waals surface area (Å²) >= 11 is 8.09. The van der Waals surface area contributed by atoms with Gasteiger partial charge in [0.2, 0.25) is 6.79 Å². The highest BCUT2D eigenvalue weighted by Crippen LogP contribution is 2.44. The van der Waals surface area contributed by atoms with Gasteiger partial charge in [-0.2, -0.15) is 0 Å². The van der Waals surface area contributed by atoms with Gasteiger partial charge in [0.15, 0.2) is 11.5 Å². The highest BCUT2D eigenvalue weighted by Gasteiger charge is 2.33. The smallest absolute Gasteiger partial charge is 0.256 e. The molecule has 0 unspecified atom stereocenters. The number of carbonyl (C=O) groups excluding carboxylic acids is 1. The molecule has 3 heterocycles. The molecule has 0 spiro atoms. The molecule has 5 nitrogen and oxygen atoms in total. The molecule has 2 aromatic rings. The summed E-state index contributed by atoms with van der Waals surface area (Å²) in [5.41, 5.74) is 2.83. The Hall–Kier alpha value is -1.92. The lowest BCUT2D eigenvalue weighted by Crippen LogP contribution is -2.38. The van der Waals surface area contributed by atoms with E-state index in [1.165, 1.54) is 16.9 Å². The van der Waals surface area contributed by atoms with Crippen LogP contribution in [0.2, 0.25) is 5.02 Å². The maximum absolute atomic E-state index is 12.7. The van der Waals surface area contributed by atoms with E-state index in [0.29, 0.717) is 16.5 Å². The van der Waals surface area contributed by atoms with E-state index in [2.05, 4.69) is 10.6 Å². The van der Waals surface area contributed by atoms with E-state index in [-0.39, 0.29) is 18.9 Å². The zero-order chi connectivity index (χ0) is 16.3. The predicted molar refractivity (Wildman–Crippen MR) is 92.4 cm³/mol. The molecule has 0 radical (unpaired) electrons. The molecule has 1 atom stereocenters. The second kappa shape index (κ2) is 5.29. The molecule has 124 valence electrons. The molecule has 2 N–H and O–H groups in total. The summed E-state index contributed by atoms with van der Waals surface area (Å²) in [7, 11) is 0. The van der Waals surface area contributed by atoms with Gasteiger partial charge in [-0.1, -0.05) is 11.6 Å². The molecule has 3 aliphatic rings. The third-order valence-corrected chi connectivity index (χ3v) is 6.30. The van der Waals surface area contributed by atoms with Gasteiger partial charge in [-0.15, -0.1) is 11.3 Å². The average Bonchev–Trinajstić information content (AvgIpc) is 3.17. The lowest BCUT2D eigenvalue weighted by atomic mass is 9.94. The number of ether oxygens (including phenoxy) is 2. The number of anilines is 1. The van der Waals surface area contributed by atoms with Crippen molar-refractivity contribution < 1.29 is 14.3 Å². The van der Waals surface area contributed by atoms with Gasteiger partial charge in [0.05, 0.1) is 10.6 Å². The maximum Gasteiger partial charge on any atom is 0.256 e. The van der Waals surface area contributed by atoms with Crippen molar-refractivity contribution in [1.82, 2.24) is 5.32 Å². The Morgan fingerprint density at radius 1 is 1.12 bits per heavy atom. The van der Waals surface area contributed by atoms with Gasteiger partial charge < -0.3 is 20.1 Å². The number of rotatable bonds is 1. The Morgan fingerprint density at radius 3 is 2.79 bits per heavy atom. The molecular formula is C17H15ClN2O3S. The first-order valence-electron chi connectivity index (χ1n) is 8.01. The topological polar surface area (TPSA) is 59.6 Å². The van der Waals surface area contributed by atoms with Crippen LogP contribution in [0.5, 0.6) is 11.5 Å². The molecule has 0 saturated heterocycles. The molecule has 0 fully saturated rings. The van der Waals surface area contributed by atoms with Crippen molar-refractivity contribution in [2.45, 2.75) is 31.8 Å². The molecule has 1 aromatic heterocycles. The third kappa shape index (κ3) is 2.09. The number of benzene rings is 1. The van der Waals surface area contributed by atoms with E-state index in [4.69, 9.17) is 21.1 Å². The fraction of sp³-hybridized carbons (Fsp3) is 0.353. The first-order valence-corrected chi connectivity index (χ1v) is 9.21. The molecule has 7 heteroatoms. The van der Waals surface area contributed by atoms with Crippen molar-refractivity contribution in [3.8, 4) is 11.5 Å². The summed E-state index contributed by atoms with van der Waals surface area (Å²) in [6, 6.07) is 3.57. The zero-order valence-corrected chi connectivity index (χ0v) is 14.4. The van der Waals surface area contributed by atoms with E-state index in [0.717, 1.165) is 35.4 Å². The highest BCUT2D eigenvalue weighted by molar-refractivity contribution is 7.16. The Labute approximate surface area is 147 Å². The molecule has 2 aliphatic heterocycles. The first-order chi connectivity index (χ1) is 11.7. The van der Waals surface area contributed by atoms with Crippen LogP contribution in [0.15, 0.2) is 12.1 Å². The van der Waals surface area contributed by atoms with Gasteiger partial charge in [-0.05, 0) is 37.3 Å². The predicted octanol–water partition coefficient (Wildman–Crippen LogP) is 3.86. The number of halogens is 1. The molecule has 0 bridgehead atoms. The van der Waals surface area contributed by atoms with Crippen molar-refractivity contribution >= 4 is 33.8 Å². The first kappa shape index (κ1) is 14.4. The van der Waals surface area contributed by atoms with Crippen molar-refractivity contribution in [2.24, 2.45) is 0 Å². The number of fused-ring (bicyclic) bond motifs is 4. The lowest BCUT2D eigenvalue weighted by molar-refractivity contribution is 0.0935. The molecule has 0 saturated carbocycles. The Kier molecular flexibility index (Phi) is 3.18. The van der Waals surface area contributed by atoms with Crippen LogP contribution in [0.4, 0.5) is 5.00 Å². The van der Waals surface area contributed by atoms with Gasteiger partial charge in [0, 0.05) is 16.5 Å². The van der Waals surface area contributed by atoms with Crippen molar-refractivity contribution in [2.75, 3.05) is 12.1 Å². The highest BCUT2D eigenvalue weighted by atomic mass is 35.5. The van der Waals surface area contributed by atoms with E-state index in [1.54, 1.807) is 17.4 Å². The van der Waals surface area contributed by atoms with E-state index in [1.807, 2.05) is 6.07 Å². The number of carbonyl (C=O) groups is 1. The van der Waals surface area contributed by atoms with E-state index < -0.39 is 0 Å². The minimum atomic E-state index is -0.368. The van der Waals surface area contributed by atoms with Gasteiger partial charge in [0.1, 0.15) is 11.2 Å². The Balaban J connectivity index is 1.54. The number of thiophene rings is 1. The fourth-order valence-corrected chi connectivity index (χ4v) is 5.17. The number of hydrogen-bond donors (Lipinski definition) is 2.